The van der Waals surface area contributed by atoms with Crippen LogP contribution in [0.15, 0.2) is 41.3 Å². The van der Waals surface area contributed by atoms with Crippen molar-refractivity contribution in [1.82, 2.24) is 4.31 Å². The Morgan fingerprint density at radius 3 is 2.38 bits per heavy atom. The van der Waals surface area contributed by atoms with Crippen molar-refractivity contribution >= 4 is 44.8 Å². The molecule has 0 heterocycles. The van der Waals surface area contributed by atoms with Gasteiger partial charge in [-0.15, -0.1) is 0 Å². The third kappa shape index (κ3) is 3.89. The van der Waals surface area contributed by atoms with E-state index in [2.05, 4.69) is 5.32 Å². The molecule has 2 aromatic carbocycles. The molecule has 8 heteroatoms. The Balaban J connectivity index is 2.41. The maximum absolute atomic E-state index is 12.5. The average Bonchev–Trinajstić information content (AvgIpc) is 2.50. The Morgan fingerprint density at radius 2 is 1.75 bits per heavy atom. The molecule has 24 heavy (non-hydrogen) atoms. The van der Waals surface area contributed by atoms with Crippen LogP contribution >= 0.6 is 23.2 Å². The largest absolute Gasteiger partial charge is 0.322 e. The number of halogens is 2. The summed E-state index contributed by atoms with van der Waals surface area (Å²) in [5, 5.41) is 3.33. The fourth-order valence-corrected chi connectivity index (χ4v) is 3.27. The molecule has 0 saturated carbocycles. The fourth-order valence-electron chi connectivity index (χ4n) is 1.97. The molecule has 0 spiro atoms. The lowest BCUT2D eigenvalue weighted by Gasteiger charge is -2.14. The van der Waals surface area contributed by atoms with Gasteiger partial charge in [-0.3, -0.25) is 4.79 Å². The number of sulfonamides is 1. The molecule has 5 nitrogen and oxygen atoms in total. The number of carbonyl (C=O) groups is 1. The van der Waals surface area contributed by atoms with Crippen LogP contribution in [-0.4, -0.2) is 32.7 Å². The summed E-state index contributed by atoms with van der Waals surface area (Å²) >= 11 is 12.0. The highest BCUT2D eigenvalue weighted by molar-refractivity contribution is 7.89. The number of benzene rings is 2. The lowest BCUT2D eigenvalue weighted by molar-refractivity contribution is 0.102. The van der Waals surface area contributed by atoms with Gasteiger partial charge in [0.1, 0.15) is 0 Å². The number of amides is 1. The topological polar surface area (TPSA) is 66.5 Å². The van der Waals surface area contributed by atoms with Crippen LogP contribution < -0.4 is 5.32 Å². The van der Waals surface area contributed by atoms with Gasteiger partial charge in [0.2, 0.25) is 10.0 Å². The lowest BCUT2D eigenvalue weighted by Crippen LogP contribution is -2.23. The van der Waals surface area contributed by atoms with E-state index in [0.29, 0.717) is 10.7 Å². The van der Waals surface area contributed by atoms with Crippen molar-refractivity contribution in [3.05, 3.63) is 57.6 Å². The summed E-state index contributed by atoms with van der Waals surface area (Å²) in [4.78, 5) is 12.5. The van der Waals surface area contributed by atoms with E-state index >= 15 is 0 Å². The SMILES string of the molecule is Cc1ccc(Cl)cc1NC(=O)c1cc(S(=O)(=O)N(C)C)ccc1Cl. The van der Waals surface area contributed by atoms with E-state index in [1.807, 2.05) is 6.92 Å². The second-order valence-electron chi connectivity index (χ2n) is 5.34. The van der Waals surface area contributed by atoms with Crippen LogP contribution in [0, 0.1) is 6.92 Å². The van der Waals surface area contributed by atoms with Crippen LogP contribution in [0.2, 0.25) is 10.0 Å². The van der Waals surface area contributed by atoms with Gasteiger partial charge in [-0.1, -0.05) is 29.3 Å². The molecular weight excluding hydrogens is 371 g/mol. The Hall–Kier alpha value is -1.60. The quantitative estimate of drug-likeness (QED) is 0.868. The number of nitrogens with zero attached hydrogens (tertiary/aromatic N) is 1. The summed E-state index contributed by atoms with van der Waals surface area (Å²) in [5.74, 6) is -0.513. The third-order valence-corrected chi connectivity index (χ3v) is 5.78. The number of nitrogens with one attached hydrogen (secondary N) is 1. The monoisotopic (exact) mass is 386 g/mol. The normalized spacial score (nSPS) is 11.6. The number of carbonyl (C=O) groups excluding carboxylic acids is 1. The van der Waals surface area contributed by atoms with Crippen molar-refractivity contribution in [2.24, 2.45) is 0 Å². The summed E-state index contributed by atoms with van der Waals surface area (Å²) in [5.41, 5.74) is 1.42. The van der Waals surface area contributed by atoms with Crippen LogP contribution in [0.3, 0.4) is 0 Å². The highest BCUT2D eigenvalue weighted by Crippen LogP contribution is 2.25. The molecule has 0 radical (unpaired) electrons. The van der Waals surface area contributed by atoms with Gasteiger partial charge < -0.3 is 5.32 Å². The molecular formula is C16H16Cl2N2O3S. The minimum Gasteiger partial charge on any atom is -0.322 e. The summed E-state index contributed by atoms with van der Waals surface area (Å²) < 4.78 is 25.5. The van der Waals surface area contributed by atoms with Crippen molar-refractivity contribution in [3.8, 4) is 0 Å². The van der Waals surface area contributed by atoms with E-state index < -0.39 is 15.9 Å². The van der Waals surface area contributed by atoms with Crippen molar-refractivity contribution in [1.29, 1.82) is 0 Å². The van der Waals surface area contributed by atoms with E-state index in [1.165, 1.54) is 32.3 Å². The minimum absolute atomic E-state index is 0.00938. The molecule has 0 aromatic heterocycles. The molecule has 128 valence electrons. The van der Waals surface area contributed by atoms with Gasteiger partial charge in [-0.05, 0) is 42.8 Å². The van der Waals surface area contributed by atoms with Gasteiger partial charge in [0.15, 0.2) is 0 Å². The highest BCUT2D eigenvalue weighted by atomic mass is 35.5. The molecule has 0 aliphatic carbocycles. The predicted octanol–water partition coefficient (Wildman–Crippen LogP) is 3.80. The molecule has 1 N–H and O–H groups in total. The first-order chi connectivity index (χ1) is 11.1. The van der Waals surface area contributed by atoms with Crippen molar-refractivity contribution in [2.75, 3.05) is 19.4 Å². The predicted molar refractivity (Wildman–Crippen MR) is 96.5 cm³/mol. The van der Waals surface area contributed by atoms with Crippen LogP contribution in [-0.2, 0) is 10.0 Å². The molecule has 1 amide bonds. The Labute approximate surface area is 151 Å². The third-order valence-electron chi connectivity index (χ3n) is 3.41. The molecule has 0 atom stereocenters. The van der Waals surface area contributed by atoms with E-state index in [1.54, 1.807) is 18.2 Å². The summed E-state index contributed by atoms with van der Waals surface area (Å²) in [6.45, 7) is 1.82. The van der Waals surface area contributed by atoms with Crippen molar-refractivity contribution in [3.63, 3.8) is 0 Å². The van der Waals surface area contributed by atoms with Gasteiger partial charge >= 0.3 is 0 Å². The number of hydrogen-bond acceptors (Lipinski definition) is 3. The number of anilines is 1. The standard InChI is InChI=1S/C16H16Cl2N2O3S/c1-10-4-5-11(17)8-15(10)19-16(21)13-9-12(6-7-14(13)18)24(22,23)20(2)3/h4-9H,1-3H3,(H,19,21). The molecule has 0 bridgehead atoms. The highest BCUT2D eigenvalue weighted by Gasteiger charge is 2.21. The zero-order valence-electron chi connectivity index (χ0n) is 13.3. The van der Waals surface area contributed by atoms with E-state index in [0.717, 1.165) is 9.87 Å². The average molecular weight is 387 g/mol. The molecule has 0 aliphatic heterocycles. The van der Waals surface area contributed by atoms with E-state index in [4.69, 9.17) is 23.2 Å². The Kier molecular flexibility index (Phi) is 5.55. The first-order valence-corrected chi connectivity index (χ1v) is 9.12. The molecule has 0 unspecified atom stereocenters. The maximum Gasteiger partial charge on any atom is 0.257 e. The first-order valence-electron chi connectivity index (χ1n) is 6.92. The van der Waals surface area contributed by atoms with E-state index in [-0.39, 0.29) is 15.5 Å². The Morgan fingerprint density at radius 1 is 1.08 bits per heavy atom. The van der Waals surface area contributed by atoms with Crippen molar-refractivity contribution in [2.45, 2.75) is 11.8 Å². The fraction of sp³-hybridized carbons (Fsp3) is 0.188. The zero-order valence-corrected chi connectivity index (χ0v) is 15.6. The summed E-state index contributed by atoms with van der Waals surface area (Å²) in [7, 11) is -0.832. The number of hydrogen-bond donors (Lipinski definition) is 1. The van der Waals surface area contributed by atoms with Gasteiger partial charge in [0, 0.05) is 24.8 Å². The summed E-state index contributed by atoms with van der Waals surface area (Å²) in [6.07, 6.45) is 0. The van der Waals surface area contributed by atoms with Crippen molar-refractivity contribution < 1.29 is 13.2 Å². The zero-order chi connectivity index (χ0) is 18.1. The van der Waals surface area contributed by atoms with Gasteiger partial charge in [-0.25, -0.2) is 12.7 Å². The van der Waals surface area contributed by atoms with E-state index in [9.17, 15) is 13.2 Å². The second kappa shape index (κ2) is 7.11. The van der Waals surface area contributed by atoms with Gasteiger partial charge in [0.05, 0.1) is 15.5 Å². The number of rotatable bonds is 4. The minimum atomic E-state index is -3.66. The van der Waals surface area contributed by atoms with Crippen LogP contribution in [0.4, 0.5) is 5.69 Å². The molecule has 2 rings (SSSR count). The molecule has 0 aliphatic rings. The second-order valence-corrected chi connectivity index (χ2v) is 8.34. The number of aryl methyl sites for hydroxylation is 1. The smallest absolute Gasteiger partial charge is 0.257 e. The molecule has 0 fully saturated rings. The molecule has 0 saturated heterocycles. The van der Waals surface area contributed by atoms with Gasteiger partial charge in [0.25, 0.3) is 5.91 Å². The molecule has 2 aromatic rings. The first kappa shape index (κ1) is 18.7. The summed E-state index contributed by atoms with van der Waals surface area (Å²) in [6, 6.07) is 9.10. The lowest BCUT2D eigenvalue weighted by atomic mass is 10.1. The van der Waals surface area contributed by atoms with Crippen LogP contribution in [0.25, 0.3) is 0 Å². The Bertz CT molecular complexity index is 896. The van der Waals surface area contributed by atoms with Crippen LogP contribution in [0.5, 0.6) is 0 Å². The van der Waals surface area contributed by atoms with Gasteiger partial charge in [-0.2, -0.15) is 0 Å². The maximum atomic E-state index is 12.5. The van der Waals surface area contributed by atoms with Crippen LogP contribution in [0.1, 0.15) is 15.9 Å².